The molecule has 208 valence electrons. The second-order valence-electron chi connectivity index (χ2n) is 12.7. The fourth-order valence-electron chi connectivity index (χ4n) is 6.98. The van der Waals surface area contributed by atoms with E-state index in [0.29, 0.717) is 16.7 Å². The predicted octanol–water partition coefficient (Wildman–Crippen LogP) is 11.6. The molecule has 1 aromatic heterocycles. The van der Waals surface area contributed by atoms with E-state index >= 15 is 0 Å². The maximum Gasteiger partial charge on any atom is 0.131 e. The molecule has 1 aliphatic carbocycles. The lowest BCUT2D eigenvalue weighted by Crippen LogP contribution is -2.33. The summed E-state index contributed by atoms with van der Waals surface area (Å²) in [4.78, 5) is 9.87. The smallest absolute Gasteiger partial charge is 0.131 e. The van der Waals surface area contributed by atoms with Gasteiger partial charge in [-0.2, -0.15) is 0 Å². The van der Waals surface area contributed by atoms with Crippen molar-refractivity contribution < 1.29 is 0 Å². The Morgan fingerprint density at radius 2 is 1.14 bits per heavy atom. The van der Waals surface area contributed by atoms with Crippen molar-refractivity contribution in [3.05, 3.63) is 24.3 Å². The van der Waals surface area contributed by atoms with Crippen LogP contribution in [-0.2, 0) is 0 Å². The van der Waals surface area contributed by atoms with E-state index in [0.717, 1.165) is 5.82 Å². The minimum atomic E-state index is 0.299. The van der Waals surface area contributed by atoms with Crippen LogP contribution in [0.2, 0.25) is 0 Å². The van der Waals surface area contributed by atoms with Crippen LogP contribution in [0.1, 0.15) is 187 Å². The fourth-order valence-corrected chi connectivity index (χ4v) is 6.98. The van der Waals surface area contributed by atoms with Crippen molar-refractivity contribution in [2.75, 3.05) is 0 Å². The molecule has 3 unspecified atom stereocenters. The average Bonchev–Trinajstić information content (AvgIpc) is 2.91. The highest BCUT2D eigenvalue weighted by Gasteiger charge is 2.41. The monoisotopic (exact) mass is 498 g/mol. The van der Waals surface area contributed by atoms with Crippen molar-refractivity contribution in [2.24, 2.45) is 10.8 Å². The molecule has 1 aromatic rings. The Labute approximate surface area is 226 Å². The van der Waals surface area contributed by atoms with Crippen LogP contribution >= 0.6 is 0 Å². The molecule has 3 atom stereocenters. The van der Waals surface area contributed by atoms with E-state index < -0.39 is 0 Å². The van der Waals surface area contributed by atoms with Gasteiger partial charge in [-0.25, -0.2) is 9.97 Å². The first-order chi connectivity index (χ1) is 17.6. The third-order valence-corrected chi connectivity index (χ3v) is 9.74. The maximum atomic E-state index is 4.94. The van der Waals surface area contributed by atoms with Crippen molar-refractivity contribution in [3.63, 3.8) is 0 Å². The summed E-state index contributed by atoms with van der Waals surface area (Å²) in [5, 5.41) is 0. The Kier molecular flexibility index (Phi) is 16.0. The Morgan fingerprint density at radius 3 is 1.64 bits per heavy atom. The van der Waals surface area contributed by atoms with E-state index in [2.05, 4.69) is 27.7 Å². The molecule has 2 nitrogen and oxygen atoms in total. The SMILES string of the molecule is CCCCC1(CC)CCCCCCCCCCCCCCCC(C)(CCCC)C(c2ncccn2)C1. The van der Waals surface area contributed by atoms with Crippen molar-refractivity contribution in [2.45, 2.75) is 181 Å². The lowest BCUT2D eigenvalue weighted by molar-refractivity contribution is 0.103. The summed E-state index contributed by atoms with van der Waals surface area (Å²) >= 11 is 0. The van der Waals surface area contributed by atoms with Gasteiger partial charge in [-0.05, 0) is 49.0 Å². The molecule has 0 radical (unpaired) electrons. The number of hydrogen-bond donors (Lipinski definition) is 0. The van der Waals surface area contributed by atoms with Crippen molar-refractivity contribution in [3.8, 4) is 0 Å². The van der Waals surface area contributed by atoms with Crippen LogP contribution in [0.15, 0.2) is 18.5 Å². The minimum absolute atomic E-state index is 0.299. The van der Waals surface area contributed by atoms with Crippen LogP contribution in [0.25, 0.3) is 0 Å². The lowest BCUT2D eigenvalue weighted by Gasteiger charge is -2.44. The van der Waals surface area contributed by atoms with E-state index in [4.69, 9.17) is 9.97 Å². The van der Waals surface area contributed by atoms with Gasteiger partial charge in [0.25, 0.3) is 0 Å². The highest BCUT2D eigenvalue weighted by atomic mass is 14.9. The molecular formula is C34H62N2. The summed E-state index contributed by atoms with van der Waals surface area (Å²) in [6.07, 6.45) is 35.9. The topological polar surface area (TPSA) is 25.8 Å². The normalized spacial score (nSPS) is 28.6. The standard InChI is InChI=1S/C34H62N2/c1-5-8-24-33(4)25-21-19-17-15-13-11-10-12-14-16-18-20-22-27-34(7-3,26-9-6-2)30-31(33)32-35-28-23-29-36-32/h23,28-29,31H,5-22,24-27,30H2,1-4H3. The molecule has 2 rings (SSSR count). The number of unbranched alkanes of at least 4 members (excludes halogenated alkanes) is 2. The summed E-state index contributed by atoms with van der Waals surface area (Å²) < 4.78 is 0. The molecule has 0 bridgehead atoms. The number of rotatable bonds is 8. The van der Waals surface area contributed by atoms with Crippen LogP contribution in [0.5, 0.6) is 0 Å². The molecule has 0 amide bonds. The van der Waals surface area contributed by atoms with Crippen LogP contribution in [0.4, 0.5) is 0 Å². The third-order valence-electron chi connectivity index (χ3n) is 9.74. The first-order valence-electron chi connectivity index (χ1n) is 16.4. The van der Waals surface area contributed by atoms with E-state index in [-0.39, 0.29) is 0 Å². The molecule has 1 aliphatic rings. The van der Waals surface area contributed by atoms with Crippen LogP contribution in [0, 0.1) is 10.8 Å². The van der Waals surface area contributed by atoms with Gasteiger partial charge in [0.1, 0.15) is 5.82 Å². The summed E-state index contributed by atoms with van der Waals surface area (Å²) in [6.45, 7) is 9.83. The van der Waals surface area contributed by atoms with Gasteiger partial charge in [0.05, 0.1) is 0 Å². The second-order valence-corrected chi connectivity index (χ2v) is 12.7. The summed E-state index contributed by atoms with van der Waals surface area (Å²) in [5.41, 5.74) is 0.739. The van der Waals surface area contributed by atoms with Gasteiger partial charge in [0, 0.05) is 18.3 Å². The van der Waals surface area contributed by atoms with Gasteiger partial charge in [-0.3, -0.25) is 0 Å². The third kappa shape index (κ3) is 11.2. The molecule has 0 N–H and O–H groups in total. The molecule has 0 aliphatic heterocycles. The van der Waals surface area contributed by atoms with Crippen LogP contribution in [-0.4, -0.2) is 9.97 Å². The molecular weight excluding hydrogens is 436 g/mol. The highest BCUT2D eigenvalue weighted by Crippen LogP contribution is 2.52. The van der Waals surface area contributed by atoms with Gasteiger partial charge >= 0.3 is 0 Å². The summed E-state index contributed by atoms with van der Waals surface area (Å²) in [5.74, 6) is 1.61. The molecule has 36 heavy (non-hydrogen) atoms. The zero-order chi connectivity index (χ0) is 26.0. The van der Waals surface area contributed by atoms with E-state index in [1.165, 1.54) is 148 Å². The van der Waals surface area contributed by atoms with Crippen molar-refractivity contribution in [1.82, 2.24) is 9.97 Å². The molecule has 1 heterocycles. The van der Waals surface area contributed by atoms with Gasteiger partial charge in [0.15, 0.2) is 0 Å². The van der Waals surface area contributed by atoms with Gasteiger partial charge < -0.3 is 0 Å². The number of aromatic nitrogens is 2. The maximum absolute atomic E-state index is 4.94. The Balaban J connectivity index is 2.34. The lowest BCUT2D eigenvalue weighted by atomic mass is 9.61. The zero-order valence-corrected chi connectivity index (χ0v) is 25.0. The van der Waals surface area contributed by atoms with Crippen molar-refractivity contribution in [1.29, 1.82) is 0 Å². The molecule has 0 saturated heterocycles. The van der Waals surface area contributed by atoms with Crippen molar-refractivity contribution >= 4 is 0 Å². The quantitative estimate of drug-likeness (QED) is 0.356. The first-order valence-corrected chi connectivity index (χ1v) is 16.4. The van der Waals surface area contributed by atoms with E-state index in [9.17, 15) is 0 Å². The average molecular weight is 499 g/mol. The zero-order valence-electron chi connectivity index (χ0n) is 25.0. The number of hydrogen-bond acceptors (Lipinski definition) is 2. The molecule has 1 saturated carbocycles. The molecule has 1 fully saturated rings. The van der Waals surface area contributed by atoms with Crippen LogP contribution < -0.4 is 0 Å². The number of nitrogens with zero attached hydrogens (tertiary/aromatic N) is 2. The molecule has 2 heteroatoms. The Hall–Kier alpha value is -0.920. The highest BCUT2D eigenvalue weighted by molar-refractivity contribution is 5.07. The van der Waals surface area contributed by atoms with Gasteiger partial charge in [-0.15, -0.1) is 0 Å². The Bertz CT molecular complexity index is 644. The summed E-state index contributed by atoms with van der Waals surface area (Å²) in [6, 6.07) is 2.00. The van der Waals surface area contributed by atoms with Gasteiger partial charge in [-0.1, -0.05) is 143 Å². The summed E-state index contributed by atoms with van der Waals surface area (Å²) in [7, 11) is 0. The van der Waals surface area contributed by atoms with Crippen LogP contribution in [0.3, 0.4) is 0 Å². The molecule has 0 spiro atoms. The Morgan fingerprint density at radius 1 is 0.667 bits per heavy atom. The van der Waals surface area contributed by atoms with E-state index in [1.807, 2.05) is 18.5 Å². The van der Waals surface area contributed by atoms with E-state index in [1.54, 1.807) is 0 Å². The molecule has 0 aromatic carbocycles. The minimum Gasteiger partial charge on any atom is -0.241 e. The van der Waals surface area contributed by atoms with Gasteiger partial charge in [0.2, 0.25) is 0 Å². The fraction of sp³-hybridized carbons (Fsp3) is 0.882. The first kappa shape index (κ1) is 31.3. The second kappa shape index (κ2) is 18.4. The predicted molar refractivity (Wildman–Crippen MR) is 159 cm³/mol. The largest absolute Gasteiger partial charge is 0.241 e.